The standard InChI is InChI=1S/C21H21FN2O2S/c1-11-4-6-13(21(2,3)26)9-14(11)12-5-7-18-17(8-12)23-20(27-18)24-19(25)15-10-16(15)22/h4-9,15-16,26H,10H2,1-3H3,(H,23,24,25). The second-order valence-corrected chi connectivity index (χ2v) is 8.67. The molecule has 0 radical (unpaired) electrons. The van der Waals surface area contributed by atoms with Crippen molar-refractivity contribution in [3.63, 3.8) is 0 Å². The van der Waals surface area contributed by atoms with E-state index in [-0.39, 0.29) is 5.91 Å². The fourth-order valence-corrected chi connectivity index (χ4v) is 3.94. The Kier molecular flexibility index (Phi) is 4.28. The van der Waals surface area contributed by atoms with Gasteiger partial charge >= 0.3 is 0 Å². The molecule has 0 aliphatic heterocycles. The highest BCUT2D eigenvalue weighted by Crippen LogP contribution is 2.37. The minimum absolute atomic E-state index is 0.296. The fraction of sp³-hybridized carbons (Fsp3) is 0.333. The number of nitrogens with zero attached hydrogens (tertiary/aromatic N) is 1. The minimum Gasteiger partial charge on any atom is -0.386 e. The van der Waals surface area contributed by atoms with Gasteiger partial charge < -0.3 is 10.4 Å². The second kappa shape index (κ2) is 6.39. The van der Waals surface area contributed by atoms with Crippen LogP contribution in [0.2, 0.25) is 0 Å². The number of hydrogen-bond acceptors (Lipinski definition) is 4. The molecule has 2 aromatic carbocycles. The summed E-state index contributed by atoms with van der Waals surface area (Å²) in [4.78, 5) is 16.4. The van der Waals surface area contributed by atoms with Crippen LogP contribution in [0.1, 0.15) is 31.4 Å². The number of aryl methyl sites for hydroxylation is 1. The minimum atomic E-state index is -1.02. The van der Waals surface area contributed by atoms with Gasteiger partial charge in [-0.3, -0.25) is 4.79 Å². The summed E-state index contributed by atoms with van der Waals surface area (Å²) in [6.45, 7) is 5.56. The lowest BCUT2D eigenvalue weighted by Crippen LogP contribution is -2.15. The molecule has 1 aliphatic rings. The largest absolute Gasteiger partial charge is 0.386 e. The van der Waals surface area contributed by atoms with Gasteiger partial charge in [0.1, 0.15) is 6.17 Å². The number of alkyl halides is 1. The zero-order valence-electron chi connectivity index (χ0n) is 15.4. The lowest BCUT2D eigenvalue weighted by Gasteiger charge is -2.19. The van der Waals surface area contributed by atoms with Gasteiger partial charge in [-0.05, 0) is 67.6 Å². The Morgan fingerprint density at radius 2 is 2.04 bits per heavy atom. The van der Waals surface area contributed by atoms with Gasteiger partial charge in [0.25, 0.3) is 0 Å². The van der Waals surface area contributed by atoms with Crippen LogP contribution < -0.4 is 5.32 Å². The number of halogens is 1. The first-order valence-corrected chi connectivity index (χ1v) is 9.73. The normalized spacial score (nSPS) is 19.3. The number of fused-ring (bicyclic) bond motifs is 1. The van der Waals surface area contributed by atoms with Crippen LogP contribution in [0.4, 0.5) is 9.52 Å². The Morgan fingerprint density at radius 1 is 1.30 bits per heavy atom. The fourth-order valence-electron chi connectivity index (χ4n) is 3.10. The van der Waals surface area contributed by atoms with Crippen LogP contribution in [0.15, 0.2) is 36.4 Å². The molecule has 1 aromatic heterocycles. The summed E-state index contributed by atoms with van der Waals surface area (Å²) >= 11 is 1.38. The Bertz CT molecular complexity index is 1040. The number of carbonyl (C=O) groups excluding carboxylic acids is 1. The molecule has 4 nitrogen and oxygen atoms in total. The third-order valence-corrected chi connectivity index (χ3v) is 5.87. The van der Waals surface area contributed by atoms with Crippen LogP contribution in [0, 0.1) is 12.8 Å². The van der Waals surface area contributed by atoms with Crippen molar-refractivity contribution in [2.75, 3.05) is 5.32 Å². The number of aromatic nitrogens is 1. The SMILES string of the molecule is Cc1ccc(C(C)(C)O)cc1-c1ccc2sc(NC(=O)C3CC3F)nc2c1. The Labute approximate surface area is 161 Å². The number of hydrogen-bond donors (Lipinski definition) is 2. The van der Waals surface area contributed by atoms with Crippen LogP contribution in [0.25, 0.3) is 21.3 Å². The summed E-state index contributed by atoms with van der Waals surface area (Å²) in [5.41, 5.74) is 3.86. The molecule has 3 aromatic rings. The number of benzene rings is 2. The maximum absolute atomic E-state index is 13.0. The highest BCUT2D eigenvalue weighted by molar-refractivity contribution is 7.22. The van der Waals surface area contributed by atoms with Crippen molar-refractivity contribution in [3.05, 3.63) is 47.5 Å². The number of amides is 1. The maximum atomic E-state index is 13.0. The first kappa shape index (κ1) is 18.1. The first-order valence-electron chi connectivity index (χ1n) is 8.92. The molecule has 1 heterocycles. The van der Waals surface area contributed by atoms with E-state index in [4.69, 9.17) is 0 Å². The Hall–Kier alpha value is -2.31. The third-order valence-electron chi connectivity index (χ3n) is 4.92. The predicted molar refractivity (Wildman–Crippen MR) is 107 cm³/mol. The number of aliphatic hydroxyl groups is 1. The highest BCUT2D eigenvalue weighted by atomic mass is 32.1. The van der Waals surface area contributed by atoms with Gasteiger partial charge in [0.2, 0.25) is 5.91 Å². The monoisotopic (exact) mass is 384 g/mol. The molecule has 1 fully saturated rings. The lowest BCUT2D eigenvalue weighted by atomic mass is 9.91. The number of anilines is 1. The summed E-state index contributed by atoms with van der Waals surface area (Å²) in [7, 11) is 0. The molecule has 4 rings (SSSR count). The van der Waals surface area contributed by atoms with E-state index >= 15 is 0 Å². The maximum Gasteiger partial charge on any atom is 0.232 e. The van der Waals surface area contributed by atoms with Gasteiger partial charge in [-0.25, -0.2) is 9.37 Å². The molecule has 2 unspecified atom stereocenters. The quantitative estimate of drug-likeness (QED) is 0.679. The summed E-state index contributed by atoms with van der Waals surface area (Å²) in [6.07, 6.45) is -0.713. The van der Waals surface area contributed by atoms with Crippen molar-refractivity contribution in [1.82, 2.24) is 4.98 Å². The van der Waals surface area contributed by atoms with Crippen molar-refractivity contribution in [2.24, 2.45) is 5.92 Å². The molecule has 1 aliphatic carbocycles. The van der Waals surface area contributed by atoms with E-state index in [2.05, 4.69) is 10.3 Å². The highest BCUT2D eigenvalue weighted by Gasteiger charge is 2.43. The van der Waals surface area contributed by atoms with Crippen molar-refractivity contribution in [3.8, 4) is 11.1 Å². The number of thiazole rings is 1. The van der Waals surface area contributed by atoms with E-state index < -0.39 is 17.7 Å². The molecular formula is C21H21FN2O2S. The number of carbonyl (C=O) groups is 1. The van der Waals surface area contributed by atoms with Gasteiger partial charge in [-0.15, -0.1) is 0 Å². The lowest BCUT2D eigenvalue weighted by molar-refractivity contribution is -0.117. The van der Waals surface area contributed by atoms with Gasteiger partial charge in [-0.1, -0.05) is 29.5 Å². The van der Waals surface area contributed by atoms with E-state index in [0.29, 0.717) is 11.6 Å². The summed E-state index contributed by atoms with van der Waals surface area (Å²) < 4.78 is 14.0. The molecule has 2 atom stereocenters. The molecule has 27 heavy (non-hydrogen) atoms. The molecule has 1 saturated carbocycles. The smallest absolute Gasteiger partial charge is 0.232 e. The molecule has 0 saturated heterocycles. The van der Waals surface area contributed by atoms with Gasteiger partial charge in [0.05, 0.1) is 21.7 Å². The predicted octanol–water partition coefficient (Wildman–Crippen LogP) is 4.80. The molecule has 0 spiro atoms. The second-order valence-electron chi connectivity index (χ2n) is 7.64. The summed E-state index contributed by atoms with van der Waals surface area (Å²) in [5, 5.41) is 13.5. The van der Waals surface area contributed by atoms with E-state index in [9.17, 15) is 14.3 Å². The van der Waals surface area contributed by atoms with Crippen LogP contribution in [0.3, 0.4) is 0 Å². The average Bonchev–Trinajstić information content (AvgIpc) is 3.19. The number of nitrogens with one attached hydrogen (secondary N) is 1. The number of rotatable bonds is 4. The van der Waals surface area contributed by atoms with E-state index in [0.717, 1.165) is 32.5 Å². The molecule has 140 valence electrons. The zero-order chi connectivity index (χ0) is 19.3. The van der Waals surface area contributed by atoms with Crippen molar-refractivity contribution >= 4 is 32.6 Å². The van der Waals surface area contributed by atoms with E-state index in [1.54, 1.807) is 13.8 Å². The molecule has 1 amide bonds. The van der Waals surface area contributed by atoms with Crippen molar-refractivity contribution in [1.29, 1.82) is 0 Å². The molecule has 2 N–H and O–H groups in total. The van der Waals surface area contributed by atoms with Crippen LogP contribution in [0.5, 0.6) is 0 Å². The zero-order valence-corrected chi connectivity index (χ0v) is 16.2. The Balaban J connectivity index is 1.67. The van der Waals surface area contributed by atoms with E-state index in [1.165, 1.54) is 11.3 Å². The third kappa shape index (κ3) is 3.59. The summed E-state index contributed by atoms with van der Waals surface area (Å²) in [6, 6.07) is 11.9. The van der Waals surface area contributed by atoms with E-state index in [1.807, 2.05) is 43.3 Å². The van der Waals surface area contributed by atoms with Gasteiger partial charge in [0.15, 0.2) is 5.13 Å². The van der Waals surface area contributed by atoms with Gasteiger partial charge in [0, 0.05) is 0 Å². The molecule has 6 heteroatoms. The molecular weight excluding hydrogens is 363 g/mol. The average molecular weight is 384 g/mol. The first-order chi connectivity index (χ1) is 12.7. The molecule has 0 bridgehead atoms. The summed E-state index contributed by atoms with van der Waals surface area (Å²) in [5.74, 6) is -0.824. The Morgan fingerprint density at radius 3 is 2.70 bits per heavy atom. The van der Waals surface area contributed by atoms with Crippen LogP contribution in [-0.4, -0.2) is 22.2 Å². The van der Waals surface area contributed by atoms with Crippen LogP contribution >= 0.6 is 11.3 Å². The van der Waals surface area contributed by atoms with Crippen molar-refractivity contribution in [2.45, 2.75) is 39.0 Å². The van der Waals surface area contributed by atoms with Crippen LogP contribution in [-0.2, 0) is 10.4 Å². The van der Waals surface area contributed by atoms with Gasteiger partial charge in [-0.2, -0.15) is 0 Å². The topological polar surface area (TPSA) is 62.2 Å². The van der Waals surface area contributed by atoms with Crippen molar-refractivity contribution < 1.29 is 14.3 Å².